The Kier molecular flexibility index (Phi) is 4.74. The van der Waals surface area contributed by atoms with E-state index in [0.29, 0.717) is 24.1 Å². The van der Waals surface area contributed by atoms with E-state index in [9.17, 15) is 14.7 Å². The third-order valence-electron chi connectivity index (χ3n) is 3.82. The van der Waals surface area contributed by atoms with Gasteiger partial charge in [0.25, 0.3) is 0 Å². The standard InChI is InChI=1S/C18H17N3O5/c19-18(20)21-11-6-7-12-10(9-11)3-2-8-25-15-13(16(22)23)4-1-5-14(15)26-17(12)24/h1,4-7,9H,2-3,8H2,(H,22,23)(H4,19,20,21). The molecular weight excluding hydrogens is 338 g/mol. The Morgan fingerprint density at radius 3 is 2.73 bits per heavy atom. The maximum absolute atomic E-state index is 12.6. The van der Waals surface area contributed by atoms with Crippen molar-refractivity contribution in [3.63, 3.8) is 0 Å². The number of carboxylic acids is 1. The zero-order valence-electron chi connectivity index (χ0n) is 13.8. The van der Waals surface area contributed by atoms with Gasteiger partial charge < -0.3 is 26.0 Å². The Bertz CT molecular complexity index is 904. The van der Waals surface area contributed by atoms with E-state index >= 15 is 0 Å². The number of nitrogens with two attached hydrogens (primary N) is 2. The van der Waals surface area contributed by atoms with E-state index in [0.717, 1.165) is 5.56 Å². The van der Waals surface area contributed by atoms with Gasteiger partial charge in [0.2, 0.25) is 0 Å². The maximum Gasteiger partial charge on any atom is 0.343 e. The molecule has 0 fully saturated rings. The Balaban J connectivity index is 2.02. The number of benzene rings is 2. The van der Waals surface area contributed by atoms with Crippen molar-refractivity contribution in [1.82, 2.24) is 0 Å². The van der Waals surface area contributed by atoms with Gasteiger partial charge in [-0.2, -0.15) is 0 Å². The lowest BCUT2D eigenvalue weighted by molar-refractivity contribution is 0.0676. The van der Waals surface area contributed by atoms with E-state index < -0.39 is 11.9 Å². The highest BCUT2D eigenvalue weighted by atomic mass is 16.6. The van der Waals surface area contributed by atoms with Crippen molar-refractivity contribution in [3.05, 3.63) is 53.1 Å². The van der Waals surface area contributed by atoms with Crippen LogP contribution in [-0.2, 0) is 6.42 Å². The summed E-state index contributed by atoms with van der Waals surface area (Å²) in [6.07, 6.45) is 1.09. The van der Waals surface area contributed by atoms with E-state index in [-0.39, 0.29) is 29.6 Å². The topological polar surface area (TPSA) is 137 Å². The molecule has 1 aliphatic heterocycles. The number of hydrogen-bond donors (Lipinski definition) is 3. The van der Waals surface area contributed by atoms with Crippen molar-refractivity contribution in [2.24, 2.45) is 16.5 Å². The first kappa shape index (κ1) is 17.3. The molecule has 0 bridgehead atoms. The van der Waals surface area contributed by atoms with E-state index in [4.69, 9.17) is 20.9 Å². The minimum absolute atomic E-state index is 0.0499. The minimum atomic E-state index is -1.16. The summed E-state index contributed by atoms with van der Waals surface area (Å²) in [5.74, 6) is -1.72. The number of hydrogen-bond acceptors (Lipinski definition) is 5. The number of aryl methyl sites for hydroxylation is 1. The predicted molar refractivity (Wildman–Crippen MR) is 94.1 cm³/mol. The number of nitrogens with zero attached hydrogens (tertiary/aromatic N) is 1. The van der Waals surface area contributed by atoms with Crippen LogP contribution in [0.5, 0.6) is 11.5 Å². The number of guanidine groups is 1. The lowest BCUT2D eigenvalue weighted by Gasteiger charge is -2.17. The first-order chi connectivity index (χ1) is 12.5. The van der Waals surface area contributed by atoms with Crippen LogP contribution in [0.25, 0.3) is 0 Å². The molecule has 8 nitrogen and oxygen atoms in total. The fourth-order valence-corrected chi connectivity index (χ4v) is 2.71. The average molecular weight is 355 g/mol. The molecule has 1 heterocycles. The molecule has 0 aromatic heterocycles. The molecule has 2 aromatic rings. The summed E-state index contributed by atoms with van der Waals surface area (Å²) in [6.45, 7) is 0.265. The van der Waals surface area contributed by atoms with Gasteiger partial charge in [-0.15, -0.1) is 0 Å². The molecule has 0 amide bonds. The summed E-state index contributed by atoms with van der Waals surface area (Å²) < 4.78 is 11.0. The van der Waals surface area contributed by atoms with Gasteiger partial charge in [-0.3, -0.25) is 0 Å². The lowest BCUT2D eigenvalue weighted by atomic mass is 10.0. The zero-order chi connectivity index (χ0) is 18.7. The highest BCUT2D eigenvalue weighted by Gasteiger charge is 2.22. The Morgan fingerprint density at radius 2 is 2.00 bits per heavy atom. The number of fused-ring (bicyclic) bond motifs is 2. The molecule has 0 radical (unpaired) electrons. The summed E-state index contributed by atoms with van der Waals surface area (Å²) in [7, 11) is 0. The molecule has 3 rings (SSSR count). The lowest BCUT2D eigenvalue weighted by Crippen LogP contribution is -2.22. The van der Waals surface area contributed by atoms with Crippen LogP contribution in [-0.4, -0.2) is 29.6 Å². The molecule has 134 valence electrons. The van der Waals surface area contributed by atoms with Gasteiger partial charge in [0.05, 0.1) is 17.9 Å². The summed E-state index contributed by atoms with van der Waals surface area (Å²) in [5.41, 5.74) is 12.3. The number of esters is 1. The minimum Gasteiger partial charge on any atom is -0.489 e. The quantitative estimate of drug-likeness (QED) is 0.323. The van der Waals surface area contributed by atoms with Crippen molar-refractivity contribution in [2.75, 3.05) is 6.61 Å². The third-order valence-corrected chi connectivity index (χ3v) is 3.82. The van der Waals surface area contributed by atoms with Crippen molar-refractivity contribution in [3.8, 4) is 11.5 Å². The second kappa shape index (κ2) is 7.14. The number of ether oxygens (including phenoxy) is 2. The van der Waals surface area contributed by atoms with Gasteiger partial charge in [-0.1, -0.05) is 6.07 Å². The highest BCUT2D eigenvalue weighted by molar-refractivity contribution is 5.96. The van der Waals surface area contributed by atoms with E-state index in [1.54, 1.807) is 18.2 Å². The molecule has 1 aliphatic rings. The number of aliphatic imine (C=N–C) groups is 1. The molecule has 8 heteroatoms. The second-order valence-corrected chi connectivity index (χ2v) is 5.66. The first-order valence-corrected chi connectivity index (χ1v) is 7.89. The van der Waals surface area contributed by atoms with E-state index in [1.807, 2.05) is 0 Å². The zero-order valence-corrected chi connectivity index (χ0v) is 13.8. The van der Waals surface area contributed by atoms with Crippen LogP contribution in [0.1, 0.15) is 32.7 Å². The maximum atomic E-state index is 12.6. The summed E-state index contributed by atoms with van der Waals surface area (Å²) in [4.78, 5) is 27.9. The van der Waals surface area contributed by atoms with Crippen LogP contribution in [0.4, 0.5) is 5.69 Å². The van der Waals surface area contributed by atoms with Crippen LogP contribution >= 0.6 is 0 Å². The molecule has 0 saturated heterocycles. The summed E-state index contributed by atoms with van der Waals surface area (Å²) in [5, 5.41) is 9.30. The number of rotatable bonds is 2. The van der Waals surface area contributed by atoms with E-state index in [2.05, 4.69) is 4.99 Å². The van der Waals surface area contributed by atoms with Crippen molar-refractivity contribution in [2.45, 2.75) is 12.8 Å². The molecule has 0 saturated carbocycles. The fraction of sp³-hybridized carbons (Fsp3) is 0.167. The summed E-state index contributed by atoms with van der Waals surface area (Å²) >= 11 is 0. The Hall–Kier alpha value is -3.55. The number of para-hydroxylation sites is 1. The average Bonchev–Trinajstić information content (AvgIpc) is 2.58. The predicted octanol–water partition coefficient (Wildman–Crippen LogP) is 1.83. The van der Waals surface area contributed by atoms with Gasteiger partial charge in [0, 0.05) is 0 Å². The number of carbonyl (C=O) groups is 2. The largest absolute Gasteiger partial charge is 0.489 e. The van der Waals surface area contributed by atoms with Crippen molar-refractivity contribution in [1.29, 1.82) is 0 Å². The van der Waals surface area contributed by atoms with Crippen LogP contribution < -0.4 is 20.9 Å². The Labute approximate surface area is 149 Å². The number of carboxylic acid groups (broad SMARTS) is 1. The normalized spacial score (nSPS) is 13.5. The SMILES string of the molecule is NC(N)=Nc1ccc2c(c1)CCCOc1c(cccc1C(=O)O)OC2=O. The summed E-state index contributed by atoms with van der Waals surface area (Å²) in [6, 6.07) is 9.30. The Morgan fingerprint density at radius 1 is 1.19 bits per heavy atom. The molecule has 0 unspecified atom stereocenters. The molecule has 5 N–H and O–H groups in total. The van der Waals surface area contributed by atoms with Crippen LogP contribution in [0, 0.1) is 0 Å². The highest BCUT2D eigenvalue weighted by Crippen LogP contribution is 2.33. The van der Waals surface area contributed by atoms with E-state index in [1.165, 1.54) is 18.2 Å². The molecule has 0 aliphatic carbocycles. The monoisotopic (exact) mass is 355 g/mol. The fourth-order valence-electron chi connectivity index (χ4n) is 2.71. The van der Waals surface area contributed by atoms with Gasteiger partial charge >= 0.3 is 11.9 Å². The third kappa shape index (κ3) is 3.59. The number of carbonyl (C=O) groups excluding carboxylic acids is 1. The first-order valence-electron chi connectivity index (χ1n) is 7.89. The van der Waals surface area contributed by atoms with Crippen molar-refractivity contribution >= 4 is 23.6 Å². The van der Waals surface area contributed by atoms with Crippen LogP contribution in [0.3, 0.4) is 0 Å². The smallest absolute Gasteiger partial charge is 0.343 e. The van der Waals surface area contributed by atoms with Gasteiger partial charge in [-0.05, 0) is 48.7 Å². The molecule has 2 aromatic carbocycles. The molecule has 0 spiro atoms. The number of aromatic carboxylic acids is 1. The van der Waals surface area contributed by atoms with Gasteiger partial charge in [0.15, 0.2) is 17.5 Å². The van der Waals surface area contributed by atoms with Gasteiger partial charge in [0.1, 0.15) is 5.56 Å². The van der Waals surface area contributed by atoms with Crippen molar-refractivity contribution < 1.29 is 24.2 Å². The van der Waals surface area contributed by atoms with Crippen LogP contribution in [0.15, 0.2) is 41.4 Å². The second-order valence-electron chi connectivity index (χ2n) is 5.66. The molecule has 0 atom stereocenters. The van der Waals surface area contributed by atoms with Gasteiger partial charge in [-0.25, -0.2) is 14.6 Å². The molecular formula is C18H17N3O5. The molecule has 26 heavy (non-hydrogen) atoms. The van der Waals surface area contributed by atoms with Crippen LogP contribution in [0.2, 0.25) is 0 Å².